The van der Waals surface area contributed by atoms with Crippen molar-refractivity contribution in [3.63, 3.8) is 0 Å². The Morgan fingerprint density at radius 1 is 1.24 bits per heavy atom. The van der Waals surface area contributed by atoms with Crippen molar-refractivity contribution in [3.05, 3.63) is 30.1 Å². The summed E-state index contributed by atoms with van der Waals surface area (Å²) < 4.78 is 43.5. The molecule has 2 heterocycles. The predicted octanol–water partition coefficient (Wildman–Crippen LogP) is 2.80. The molecule has 29 heavy (non-hydrogen) atoms. The number of anilines is 1. The van der Waals surface area contributed by atoms with Crippen molar-refractivity contribution >= 4 is 23.0 Å². The summed E-state index contributed by atoms with van der Waals surface area (Å²) >= 11 is 5.43. The highest BCUT2D eigenvalue weighted by Crippen LogP contribution is 2.39. The van der Waals surface area contributed by atoms with Gasteiger partial charge in [0.25, 0.3) is 0 Å². The number of rotatable bonds is 8. The summed E-state index contributed by atoms with van der Waals surface area (Å²) in [7, 11) is 0. The molecular weight excluding hydrogens is 399 g/mol. The summed E-state index contributed by atoms with van der Waals surface area (Å²) in [5.74, 6) is -1.17. The molecule has 0 unspecified atom stereocenters. The number of benzene rings is 1. The van der Waals surface area contributed by atoms with Gasteiger partial charge < -0.3 is 34.3 Å². The van der Waals surface area contributed by atoms with Crippen LogP contribution in [-0.2, 0) is 23.7 Å². The van der Waals surface area contributed by atoms with E-state index < -0.39 is 24.3 Å². The molecule has 9 heteroatoms. The lowest BCUT2D eigenvalue weighted by atomic mass is 10.0. The summed E-state index contributed by atoms with van der Waals surface area (Å²) in [6, 6.07) is 5.96. The Morgan fingerprint density at radius 3 is 2.69 bits per heavy atom. The van der Waals surface area contributed by atoms with E-state index in [1.54, 1.807) is 18.2 Å². The van der Waals surface area contributed by atoms with Crippen molar-refractivity contribution in [2.24, 2.45) is 0 Å². The first kappa shape index (κ1) is 22.3. The van der Waals surface area contributed by atoms with E-state index in [1.807, 2.05) is 27.7 Å². The van der Waals surface area contributed by atoms with Crippen LogP contribution in [-0.4, -0.2) is 61.4 Å². The van der Waals surface area contributed by atoms with E-state index in [1.165, 1.54) is 6.07 Å². The minimum atomic E-state index is -0.776. The molecule has 0 radical (unpaired) electrons. The second-order valence-electron chi connectivity index (χ2n) is 7.33. The highest BCUT2D eigenvalue weighted by molar-refractivity contribution is 7.80. The number of fused-ring (bicyclic) bond motifs is 1. The van der Waals surface area contributed by atoms with Gasteiger partial charge in [-0.2, -0.15) is 0 Å². The fourth-order valence-electron chi connectivity index (χ4n) is 3.57. The fraction of sp³-hybridized carbons (Fsp3) is 0.650. The molecule has 1 aromatic rings. The van der Waals surface area contributed by atoms with E-state index in [0.29, 0.717) is 19.8 Å². The van der Waals surface area contributed by atoms with Crippen LogP contribution in [0.15, 0.2) is 24.3 Å². The smallest absolute Gasteiger partial charge is 0.189 e. The third-order valence-corrected chi connectivity index (χ3v) is 4.96. The van der Waals surface area contributed by atoms with Crippen LogP contribution in [0.5, 0.6) is 0 Å². The number of hydrogen-bond donors (Lipinski definition) is 2. The maximum absolute atomic E-state index is 14.0. The second-order valence-corrected chi connectivity index (χ2v) is 7.73. The quantitative estimate of drug-likeness (QED) is 0.613. The van der Waals surface area contributed by atoms with Crippen LogP contribution in [0.2, 0.25) is 0 Å². The van der Waals surface area contributed by atoms with E-state index in [0.717, 1.165) is 0 Å². The van der Waals surface area contributed by atoms with E-state index in [4.69, 9.17) is 35.9 Å². The molecule has 0 aliphatic carbocycles. The molecule has 0 bridgehead atoms. The number of hydrogen-bond acceptors (Lipinski definition) is 6. The van der Waals surface area contributed by atoms with Gasteiger partial charge in [-0.25, -0.2) is 4.39 Å². The molecule has 2 fully saturated rings. The topological polar surface area (TPSA) is 70.2 Å². The van der Waals surface area contributed by atoms with Gasteiger partial charge in [0.1, 0.15) is 24.1 Å². The van der Waals surface area contributed by atoms with Crippen LogP contribution >= 0.6 is 12.2 Å². The minimum absolute atomic E-state index is 0.259. The molecule has 2 aliphatic heterocycles. The average molecular weight is 429 g/mol. The van der Waals surface area contributed by atoms with E-state index >= 15 is 0 Å². The van der Waals surface area contributed by atoms with Crippen molar-refractivity contribution in [2.75, 3.05) is 25.1 Å². The Hall–Kier alpha value is -1.36. The highest BCUT2D eigenvalue weighted by Gasteiger charge is 2.57. The highest BCUT2D eigenvalue weighted by atomic mass is 32.1. The number of para-hydroxylation sites is 1. The van der Waals surface area contributed by atoms with Crippen molar-refractivity contribution in [1.29, 1.82) is 0 Å². The van der Waals surface area contributed by atoms with Gasteiger partial charge in [-0.3, -0.25) is 0 Å². The summed E-state index contributed by atoms with van der Waals surface area (Å²) in [5.41, 5.74) is 0.289. The van der Waals surface area contributed by atoms with Crippen molar-refractivity contribution in [3.8, 4) is 0 Å². The molecule has 1 aromatic carbocycles. The normalized spacial score (nSPS) is 28.7. The first-order valence-corrected chi connectivity index (χ1v) is 10.3. The van der Waals surface area contributed by atoms with Crippen LogP contribution in [0.25, 0.3) is 0 Å². The average Bonchev–Trinajstić information content (AvgIpc) is 3.13. The SMILES string of the molecule is CCOC[C@@H](OCC)[C@H]1O[C@@H]2OC(C)(C)O[C@@H]2[C@H]1NC(=S)Nc1ccccc1F. The summed E-state index contributed by atoms with van der Waals surface area (Å²) in [6.07, 6.45) is -1.73. The molecule has 0 saturated carbocycles. The third-order valence-electron chi connectivity index (χ3n) is 4.74. The Kier molecular flexibility index (Phi) is 7.42. The van der Waals surface area contributed by atoms with Gasteiger partial charge in [-0.1, -0.05) is 12.1 Å². The molecule has 2 saturated heterocycles. The Morgan fingerprint density at radius 2 is 2.00 bits per heavy atom. The van der Waals surface area contributed by atoms with Crippen LogP contribution in [0.3, 0.4) is 0 Å². The summed E-state index contributed by atoms with van der Waals surface area (Å²) in [6.45, 7) is 8.93. The van der Waals surface area contributed by atoms with Gasteiger partial charge in [0.15, 0.2) is 17.2 Å². The first-order chi connectivity index (χ1) is 13.8. The lowest BCUT2D eigenvalue weighted by Gasteiger charge is -2.31. The number of nitrogens with one attached hydrogen (secondary N) is 2. The number of ether oxygens (including phenoxy) is 5. The monoisotopic (exact) mass is 428 g/mol. The lowest BCUT2D eigenvalue weighted by molar-refractivity contribution is -0.222. The zero-order chi connectivity index (χ0) is 21.0. The Bertz CT molecular complexity index is 707. The van der Waals surface area contributed by atoms with Crippen molar-refractivity contribution < 1.29 is 28.1 Å². The van der Waals surface area contributed by atoms with Gasteiger partial charge in [0.05, 0.1) is 18.3 Å². The molecule has 2 aliphatic rings. The molecule has 5 atom stereocenters. The molecule has 0 aromatic heterocycles. The van der Waals surface area contributed by atoms with Crippen LogP contribution < -0.4 is 10.6 Å². The number of halogens is 1. The van der Waals surface area contributed by atoms with E-state index in [9.17, 15) is 4.39 Å². The largest absolute Gasteiger partial charge is 0.379 e. The maximum Gasteiger partial charge on any atom is 0.189 e. The molecule has 162 valence electrons. The molecular formula is C20H29FN2O5S. The maximum atomic E-state index is 14.0. The van der Waals surface area contributed by atoms with Gasteiger partial charge in [-0.15, -0.1) is 0 Å². The van der Waals surface area contributed by atoms with Crippen LogP contribution in [0, 0.1) is 5.82 Å². The van der Waals surface area contributed by atoms with Gasteiger partial charge in [-0.05, 0) is 52.0 Å². The standard InChI is InChI=1S/C20H29FN2O5S/c1-5-24-11-14(25-6-2)16-15(17-18(26-16)28-20(3,4)27-17)23-19(29)22-13-10-8-7-9-12(13)21/h7-10,14-18H,5-6,11H2,1-4H3,(H2,22,23,29)/t14-,15+,16-,17-,18-/m1/s1. The third kappa shape index (κ3) is 5.42. The van der Waals surface area contributed by atoms with Crippen molar-refractivity contribution in [2.45, 2.75) is 64.1 Å². The lowest BCUT2D eigenvalue weighted by Crippen LogP contribution is -2.54. The minimum Gasteiger partial charge on any atom is -0.379 e. The molecule has 3 rings (SSSR count). The molecule has 0 spiro atoms. The van der Waals surface area contributed by atoms with Crippen LogP contribution in [0.4, 0.5) is 10.1 Å². The molecule has 0 amide bonds. The zero-order valence-electron chi connectivity index (χ0n) is 17.1. The molecule has 7 nitrogen and oxygen atoms in total. The van der Waals surface area contributed by atoms with Gasteiger partial charge >= 0.3 is 0 Å². The van der Waals surface area contributed by atoms with Gasteiger partial charge in [0, 0.05) is 13.2 Å². The predicted molar refractivity (Wildman–Crippen MR) is 110 cm³/mol. The zero-order valence-corrected chi connectivity index (χ0v) is 18.0. The van der Waals surface area contributed by atoms with Crippen molar-refractivity contribution in [1.82, 2.24) is 5.32 Å². The molecule has 2 N–H and O–H groups in total. The summed E-state index contributed by atoms with van der Waals surface area (Å²) in [5, 5.41) is 6.37. The Labute approximate surface area is 176 Å². The first-order valence-electron chi connectivity index (χ1n) is 9.87. The Balaban J connectivity index is 1.75. The number of thiocarbonyl (C=S) groups is 1. The van der Waals surface area contributed by atoms with E-state index in [2.05, 4.69) is 10.6 Å². The second kappa shape index (κ2) is 9.63. The summed E-state index contributed by atoms with van der Waals surface area (Å²) in [4.78, 5) is 0. The fourth-order valence-corrected chi connectivity index (χ4v) is 3.82. The van der Waals surface area contributed by atoms with Gasteiger partial charge in [0.2, 0.25) is 0 Å². The van der Waals surface area contributed by atoms with Crippen LogP contribution in [0.1, 0.15) is 27.7 Å². The van der Waals surface area contributed by atoms with E-state index in [-0.39, 0.29) is 28.8 Å².